The van der Waals surface area contributed by atoms with Crippen LogP contribution in [0.25, 0.3) is 10.9 Å². The molecule has 1 N–H and O–H groups in total. The number of aryl methyl sites for hydroxylation is 2. The first-order valence-electron chi connectivity index (χ1n) is 10.2. The van der Waals surface area contributed by atoms with E-state index in [1.807, 2.05) is 43.3 Å². The molecule has 2 aromatic heterocycles. The Kier molecular flexibility index (Phi) is 5.92. The second-order valence-corrected chi connectivity index (χ2v) is 7.61. The number of fused-ring (bicyclic) bond motifs is 1. The van der Waals surface area contributed by atoms with Gasteiger partial charge >= 0.3 is 0 Å². The number of amides is 1. The Morgan fingerprint density at radius 1 is 1.10 bits per heavy atom. The zero-order chi connectivity index (χ0) is 21.1. The smallest absolute Gasteiger partial charge is 0.263 e. The molecule has 0 bridgehead atoms. The largest absolute Gasteiger partial charge is 0.379 e. The van der Waals surface area contributed by atoms with Crippen molar-refractivity contribution in [1.29, 1.82) is 0 Å². The number of nitrogens with one attached hydrogen (secondary N) is 1. The van der Waals surface area contributed by atoms with Gasteiger partial charge in [-0.05, 0) is 37.6 Å². The predicted octanol–water partition coefficient (Wildman–Crippen LogP) is 2.60. The number of hydrogen-bond donors (Lipinski definition) is 1. The number of ether oxygens (including phenoxy) is 1. The Hall–Kier alpha value is -3.03. The van der Waals surface area contributed by atoms with Crippen molar-refractivity contribution in [3.8, 4) is 0 Å². The molecule has 3 heterocycles. The number of nitrogens with zero attached hydrogens (tertiary/aromatic N) is 3. The highest BCUT2D eigenvalue weighted by molar-refractivity contribution is 6.08. The fourth-order valence-electron chi connectivity index (χ4n) is 3.72. The van der Waals surface area contributed by atoms with E-state index in [1.54, 1.807) is 17.7 Å². The van der Waals surface area contributed by atoms with Gasteiger partial charge in [-0.3, -0.25) is 19.5 Å². The summed E-state index contributed by atoms with van der Waals surface area (Å²) >= 11 is 0. The minimum Gasteiger partial charge on any atom is -0.379 e. The summed E-state index contributed by atoms with van der Waals surface area (Å²) < 4.78 is 6.98. The van der Waals surface area contributed by atoms with Crippen molar-refractivity contribution in [2.45, 2.75) is 20.4 Å². The van der Waals surface area contributed by atoms with Crippen LogP contribution in [0.4, 0.5) is 5.69 Å². The first-order chi connectivity index (χ1) is 14.5. The Bertz CT molecular complexity index is 1130. The van der Waals surface area contributed by atoms with Crippen LogP contribution in [0, 0.1) is 13.8 Å². The number of morpholine rings is 1. The Balaban J connectivity index is 1.58. The van der Waals surface area contributed by atoms with Gasteiger partial charge in [0.1, 0.15) is 5.56 Å². The van der Waals surface area contributed by atoms with Gasteiger partial charge in [0.2, 0.25) is 0 Å². The van der Waals surface area contributed by atoms with Gasteiger partial charge in [-0.2, -0.15) is 0 Å². The molecule has 1 aliphatic rings. The SMILES string of the molecule is Cc1ccc2cccc(NC(=O)c3c(C)ccn(CCN4CCOCC4)c3=O)c2n1. The number of hydrogen-bond acceptors (Lipinski definition) is 5. The van der Waals surface area contributed by atoms with Crippen LogP contribution in [0.5, 0.6) is 0 Å². The molecule has 1 fully saturated rings. The molecule has 1 saturated heterocycles. The fourth-order valence-corrected chi connectivity index (χ4v) is 3.72. The molecule has 0 radical (unpaired) electrons. The average molecular weight is 406 g/mol. The van der Waals surface area contributed by atoms with E-state index in [0.717, 1.165) is 43.9 Å². The predicted molar refractivity (Wildman–Crippen MR) is 117 cm³/mol. The molecule has 7 nitrogen and oxygen atoms in total. The van der Waals surface area contributed by atoms with Gasteiger partial charge < -0.3 is 14.6 Å². The first-order valence-corrected chi connectivity index (χ1v) is 10.2. The maximum absolute atomic E-state index is 13.1. The van der Waals surface area contributed by atoms with Gasteiger partial charge in [-0.25, -0.2) is 0 Å². The lowest BCUT2D eigenvalue weighted by Crippen LogP contribution is -2.40. The summed E-state index contributed by atoms with van der Waals surface area (Å²) in [6, 6.07) is 11.3. The minimum atomic E-state index is -0.408. The summed E-state index contributed by atoms with van der Waals surface area (Å²) in [6.07, 6.45) is 1.76. The number of rotatable bonds is 5. The summed E-state index contributed by atoms with van der Waals surface area (Å²) in [5.41, 5.74) is 2.74. The maximum atomic E-state index is 13.1. The van der Waals surface area contributed by atoms with E-state index >= 15 is 0 Å². The average Bonchev–Trinajstić information content (AvgIpc) is 2.74. The van der Waals surface area contributed by atoms with Crippen molar-refractivity contribution < 1.29 is 9.53 Å². The van der Waals surface area contributed by atoms with E-state index in [2.05, 4.69) is 15.2 Å². The van der Waals surface area contributed by atoms with Crippen molar-refractivity contribution in [3.63, 3.8) is 0 Å². The van der Waals surface area contributed by atoms with Crippen molar-refractivity contribution in [2.75, 3.05) is 38.2 Å². The number of para-hydroxylation sites is 1. The Morgan fingerprint density at radius 2 is 1.90 bits per heavy atom. The van der Waals surface area contributed by atoms with Crippen LogP contribution in [0.2, 0.25) is 0 Å². The molecule has 30 heavy (non-hydrogen) atoms. The lowest BCUT2D eigenvalue weighted by Gasteiger charge is -2.26. The van der Waals surface area contributed by atoms with Gasteiger partial charge in [-0.15, -0.1) is 0 Å². The van der Waals surface area contributed by atoms with Crippen LogP contribution in [0.15, 0.2) is 47.4 Å². The third-order valence-electron chi connectivity index (χ3n) is 5.47. The van der Waals surface area contributed by atoms with Gasteiger partial charge in [0, 0.05) is 43.5 Å². The zero-order valence-corrected chi connectivity index (χ0v) is 17.4. The third-order valence-corrected chi connectivity index (χ3v) is 5.47. The quantitative estimate of drug-likeness (QED) is 0.705. The molecular weight excluding hydrogens is 380 g/mol. The third kappa shape index (κ3) is 4.27. The number of anilines is 1. The topological polar surface area (TPSA) is 76.5 Å². The molecule has 1 amide bonds. The van der Waals surface area contributed by atoms with Crippen molar-refractivity contribution >= 4 is 22.5 Å². The van der Waals surface area contributed by atoms with Gasteiger partial charge in [0.05, 0.1) is 24.4 Å². The summed E-state index contributed by atoms with van der Waals surface area (Å²) in [6.45, 7) is 8.14. The molecule has 156 valence electrons. The lowest BCUT2D eigenvalue weighted by molar-refractivity contribution is 0.0363. The summed E-state index contributed by atoms with van der Waals surface area (Å²) in [5, 5.41) is 3.84. The van der Waals surface area contributed by atoms with E-state index in [4.69, 9.17) is 4.74 Å². The van der Waals surface area contributed by atoms with Crippen molar-refractivity contribution in [3.05, 3.63) is 69.8 Å². The molecule has 1 aromatic carbocycles. The van der Waals surface area contributed by atoms with E-state index in [1.165, 1.54) is 0 Å². The fraction of sp³-hybridized carbons (Fsp3) is 0.348. The number of benzene rings is 1. The highest BCUT2D eigenvalue weighted by atomic mass is 16.5. The summed E-state index contributed by atoms with van der Waals surface area (Å²) in [7, 11) is 0. The minimum absolute atomic E-state index is 0.170. The van der Waals surface area contributed by atoms with Gasteiger partial charge in [0.15, 0.2) is 0 Å². The summed E-state index contributed by atoms with van der Waals surface area (Å²) in [5.74, 6) is -0.408. The maximum Gasteiger partial charge on any atom is 0.263 e. The second-order valence-electron chi connectivity index (χ2n) is 7.61. The van der Waals surface area contributed by atoms with Crippen LogP contribution in [0.1, 0.15) is 21.6 Å². The highest BCUT2D eigenvalue weighted by Gasteiger charge is 2.18. The second kappa shape index (κ2) is 8.77. The van der Waals surface area contributed by atoms with Crippen LogP contribution in [-0.2, 0) is 11.3 Å². The number of carbonyl (C=O) groups excluding carboxylic acids is 1. The van der Waals surface area contributed by atoms with Crippen molar-refractivity contribution in [2.24, 2.45) is 0 Å². The van der Waals surface area contributed by atoms with E-state index < -0.39 is 5.91 Å². The highest BCUT2D eigenvalue weighted by Crippen LogP contribution is 2.22. The Labute approximate surface area is 175 Å². The molecule has 1 aliphatic heterocycles. The van der Waals surface area contributed by atoms with Gasteiger partial charge in [0.25, 0.3) is 11.5 Å². The molecule has 0 spiro atoms. The lowest BCUT2D eigenvalue weighted by atomic mass is 10.1. The van der Waals surface area contributed by atoms with E-state index in [9.17, 15) is 9.59 Å². The Morgan fingerprint density at radius 3 is 2.70 bits per heavy atom. The zero-order valence-electron chi connectivity index (χ0n) is 17.4. The van der Waals surface area contributed by atoms with Crippen LogP contribution in [-0.4, -0.2) is 53.2 Å². The molecule has 0 aliphatic carbocycles. The molecule has 0 saturated carbocycles. The molecule has 3 aromatic rings. The van der Waals surface area contributed by atoms with E-state index in [-0.39, 0.29) is 11.1 Å². The standard InChI is InChI=1S/C23H26N4O3/c1-16-8-9-27(11-10-26-12-14-30-15-13-26)23(29)20(16)22(28)25-19-5-3-4-18-7-6-17(2)24-21(18)19/h3-9H,10-15H2,1-2H3,(H,25,28). The van der Waals surface area contributed by atoms with Crippen LogP contribution >= 0.6 is 0 Å². The van der Waals surface area contributed by atoms with Gasteiger partial charge in [-0.1, -0.05) is 18.2 Å². The number of carbonyl (C=O) groups is 1. The molecule has 0 atom stereocenters. The van der Waals surface area contributed by atoms with Crippen LogP contribution in [0.3, 0.4) is 0 Å². The molecule has 4 rings (SSSR count). The van der Waals surface area contributed by atoms with E-state index in [0.29, 0.717) is 23.3 Å². The first kappa shape index (κ1) is 20.3. The molecule has 7 heteroatoms. The monoisotopic (exact) mass is 406 g/mol. The van der Waals surface area contributed by atoms with Crippen molar-refractivity contribution in [1.82, 2.24) is 14.5 Å². The number of pyridine rings is 2. The van der Waals surface area contributed by atoms with Crippen LogP contribution < -0.4 is 10.9 Å². The number of aromatic nitrogens is 2. The molecule has 0 unspecified atom stereocenters. The normalized spacial score (nSPS) is 14.7. The summed E-state index contributed by atoms with van der Waals surface area (Å²) in [4.78, 5) is 32.9. The molecular formula is C23H26N4O3.